The van der Waals surface area contributed by atoms with Gasteiger partial charge in [0.05, 0.1) is 7.11 Å². The average Bonchev–Trinajstić information content (AvgIpc) is 2.14. The molecule has 5 nitrogen and oxygen atoms in total. The summed E-state index contributed by atoms with van der Waals surface area (Å²) in [5.74, 6) is -0.936. The van der Waals surface area contributed by atoms with Gasteiger partial charge in [0, 0.05) is 6.07 Å². The minimum atomic E-state index is -1.00. The van der Waals surface area contributed by atoms with Gasteiger partial charge in [0.2, 0.25) is 0 Å². The van der Waals surface area contributed by atoms with Crippen molar-refractivity contribution in [3.05, 3.63) is 23.8 Å². The van der Waals surface area contributed by atoms with Crippen LogP contribution in [0.1, 0.15) is 11.6 Å². The van der Waals surface area contributed by atoms with Gasteiger partial charge in [-0.3, -0.25) is 4.79 Å². The van der Waals surface area contributed by atoms with E-state index >= 15 is 0 Å². The first kappa shape index (κ1) is 10.3. The van der Waals surface area contributed by atoms with Gasteiger partial charge in [0.1, 0.15) is 17.5 Å². The van der Waals surface area contributed by atoms with E-state index in [1.165, 1.54) is 19.2 Å². The molecule has 0 aromatic heterocycles. The van der Waals surface area contributed by atoms with Gasteiger partial charge in [0.25, 0.3) is 0 Å². The Kier molecular flexibility index (Phi) is 2.93. The number of carbonyl (C=O) groups is 1. The summed E-state index contributed by atoms with van der Waals surface area (Å²) in [5.41, 5.74) is 5.79. The van der Waals surface area contributed by atoms with Gasteiger partial charge in [-0.15, -0.1) is 0 Å². The molecule has 0 radical (unpaired) electrons. The fourth-order valence-electron chi connectivity index (χ4n) is 1.06. The molecule has 1 atom stereocenters. The van der Waals surface area contributed by atoms with E-state index in [0.29, 0.717) is 5.56 Å². The number of benzene rings is 1. The molecule has 1 aromatic rings. The second-order valence-electron chi connectivity index (χ2n) is 2.78. The number of ether oxygens (including phenoxy) is 1. The highest BCUT2D eigenvalue weighted by atomic mass is 16.5. The zero-order valence-electron chi connectivity index (χ0n) is 7.60. The van der Waals surface area contributed by atoms with Crippen molar-refractivity contribution >= 4 is 5.97 Å². The highest BCUT2D eigenvalue weighted by molar-refractivity contribution is 5.77. The molecular formula is C9H11NO4. The first-order valence-electron chi connectivity index (χ1n) is 3.91. The Balaban J connectivity index is 3.00. The van der Waals surface area contributed by atoms with E-state index in [9.17, 15) is 4.79 Å². The first-order valence-corrected chi connectivity index (χ1v) is 3.91. The summed E-state index contributed by atoms with van der Waals surface area (Å²) < 4.78 is 4.42. The lowest BCUT2D eigenvalue weighted by atomic mass is 10.1. The molecular weight excluding hydrogens is 186 g/mol. The monoisotopic (exact) mass is 197 g/mol. The van der Waals surface area contributed by atoms with Crippen LogP contribution in [0.3, 0.4) is 0 Å². The van der Waals surface area contributed by atoms with Crippen molar-refractivity contribution in [1.29, 1.82) is 0 Å². The molecule has 4 N–H and O–H groups in total. The molecule has 1 unspecified atom stereocenters. The third-order valence-electron chi connectivity index (χ3n) is 1.74. The van der Waals surface area contributed by atoms with Crippen LogP contribution in [0.2, 0.25) is 0 Å². The molecule has 0 spiro atoms. The summed E-state index contributed by atoms with van der Waals surface area (Å²) in [7, 11) is 1.21. The third-order valence-corrected chi connectivity index (χ3v) is 1.74. The Morgan fingerprint density at radius 2 is 1.86 bits per heavy atom. The molecule has 0 amide bonds. The molecule has 0 bridgehead atoms. The van der Waals surface area contributed by atoms with Gasteiger partial charge in [-0.1, -0.05) is 0 Å². The number of carbonyl (C=O) groups excluding carboxylic acids is 1. The number of nitrogens with two attached hydrogens (primary N) is 1. The number of hydrogen-bond acceptors (Lipinski definition) is 5. The Morgan fingerprint density at radius 3 is 2.29 bits per heavy atom. The van der Waals surface area contributed by atoms with E-state index in [1.807, 2.05) is 0 Å². The van der Waals surface area contributed by atoms with Gasteiger partial charge in [-0.25, -0.2) is 0 Å². The second-order valence-corrected chi connectivity index (χ2v) is 2.78. The molecule has 0 saturated heterocycles. The molecule has 76 valence electrons. The summed E-state index contributed by atoms with van der Waals surface area (Å²) in [4.78, 5) is 11.0. The standard InChI is InChI=1S/C9H11NO4/c1-14-9(13)8(10)5-2-6(11)4-7(12)3-5/h2-4,8,11-12H,10H2,1H3. The topological polar surface area (TPSA) is 92.8 Å². The molecule has 1 rings (SSSR count). The second kappa shape index (κ2) is 3.97. The lowest BCUT2D eigenvalue weighted by Crippen LogP contribution is -2.22. The van der Waals surface area contributed by atoms with Gasteiger partial charge in [0.15, 0.2) is 0 Å². The van der Waals surface area contributed by atoms with E-state index in [4.69, 9.17) is 15.9 Å². The molecule has 0 aliphatic heterocycles. The lowest BCUT2D eigenvalue weighted by molar-refractivity contribution is -0.142. The zero-order valence-corrected chi connectivity index (χ0v) is 7.60. The van der Waals surface area contributed by atoms with Gasteiger partial charge < -0.3 is 20.7 Å². The molecule has 0 aliphatic rings. The fourth-order valence-corrected chi connectivity index (χ4v) is 1.06. The summed E-state index contributed by atoms with van der Waals surface area (Å²) in [6.45, 7) is 0. The maximum absolute atomic E-state index is 11.0. The number of esters is 1. The molecule has 0 fully saturated rings. The lowest BCUT2D eigenvalue weighted by Gasteiger charge is -2.09. The van der Waals surface area contributed by atoms with E-state index in [1.54, 1.807) is 0 Å². The van der Waals surface area contributed by atoms with E-state index in [-0.39, 0.29) is 11.5 Å². The third kappa shape index (κ3) is 2.14. The van der Waals surface area contributed by atoms with Gasteiger partial charge in [-0.2, -0.15) is 0 Å². The SMILES string of the molecule is COC(=O)C(N)c1cc(O)cc(O)c1. The molecule has 0 aliphatic carbocycles. The molecule has 1 aromatic carbocycles. The number of aromatic hydroxyl groups is 2. The van der Waals surface area contributed by atoms with Crippen molar-refractivity contribution in [2.45, 2.75) is 6.04 Å². The van der Waals surface area contributed by atoms with Crippen molar-refractivity contribution in [3.63, 3.8) is 0 Å². The van der Waals surface area contributed by atoms with Crippen LogP contribution in [0.4, 0.5) is 0 Å². The predicted octanol–water partition coefficient (Wildman–Crippen LogP) is 0.271. The van der Waals surface area contributed by atoms with Crippen LogP contribution in [-0.4, -0.2) is 23.3 Å². The quantitative estimate of drug-likeness (QED) is 0.592. The number of hydrogen-bond donors (Lipinski definition) is 3. The van der Waals surface area contributed by atoms with Crippen LogP contribution in [0.5, 0.6) is 11.5 Å². The smallest absolute Gasteiger partial charge is 0.327 e. The largest absolute Gasteiger partial charge is 0.508 e. The Hall–Kier alpha value is -1.75. The number of phenolic OH excluding ortho intramolecular Hbond substituents is 2. The van der Waals surface area contributed by atoms with Crippen molar-refractivity contribution in [3.8, 4) is 11.5 Å². The number of rotatable bonds is 2. The van der Waals surface area contributed by atoms with E-state index < -0.39 is 12.0 Å². The molecule has 0 saturated carbocycles. The highest BCUT2D eigenvalue weighted by Crippen LogP contribution is 2.24. The minimum Gasteiger partial charge on any atom is -0.508 e. The van der Waals surface area contributed by atoms with Gasteiger partial charge in [-0.05, 0) is 17.7 Å². The molecule has 14 heavy (non-hydrogen) atoms. The van der Waals surface area contributed by atoms with Crippen molar-refractivity contribution < 1.29 is 19.7 Å². The fraction of sp³-hybridized carbons (Fsp3) is 0.222. The summed E-state index contributed by atoms with van der Waals surface area (Å²) in [5, 5.41) is 18.3. The summed E-state index contributed by atoms with van der Waals surface area (Å²) >= 11 is 0. The number of phenols is 2. The number of methoxy groups -OCH3 is 1. The Labute approximate surface area is 80.7 Å². The van der Waals surface area contributed by atoms with Crippen LogP contribution in [-0.2, 0) is 9.53 Å². The van der Waals surface area contributed by atoms with Crippen LogP contribution < -0.4 is 5.73 Å². The van der Waals surface area contributed by atoms with Crippen LogP contribution in [0.15, 0.2) is 18.2 Å². The summed E-state index contributed by atoms with van der Waals surface area (Å²) in [6.07, 6.45) is 0. The maximum atomic E-state index is 11.0. The highest BCUT2D eigenvalue weighted by Gasteiger charge is 2.17. The van der Waals surface area contributed by atoms with Crippen molar-refractivity contribution in [1.82, 2.24) is 0 Å². The molecule has 5 heteroatoms. The van der Waals surface area contributed by atoms with Crippen molar-refractivity contribution in [2.75, 3.05) is 7.11 Å². The first-order chi connectivity index (χ1) is 6.54. The predicted molar refractivity (Wildman–Crippen MR) is 48.7 cm³/mol. The minimum absolute atomic E-state index is 0.153. The zero-order chi connectivity index (χ0) is 10.7. The van der Waals surface area contributed by atoms with Crippen LogP contribution in [0.25, 0.3) is 0 Å². The average molecular weight is 197 g/mol. The van der Waals surface area contributed by atoms with Gasteiger partial charge >= 0.3 is 5.97 Å². The summed E-state index contributed by atoms with van der Waals surface area (Å²) in [6, 6.07) is 2.73. The van der Waals surface area contributed by atoms with Crippen LogP contribution >= 0.6 is 0 Å². The normalized spacial score (nSPS) is 12.1. The Bertz CT molecular complexity index is 330. The van der Waals surface area contributed by atoms with E-state index in [2.05, 4.69) is 4.74 Å². The van der Waals surface area contributed by atoms with Crippen molar-refractivity contribution in [2.24, 2.45) is 5.73 Å². The Morgan fingerprint density at radius 1 is 1.36 bits per heavy atom. The molecule has 0 heterocycles. The van der Waals surface area contributed by atoms with Crippen LogP contribution in [0, 0.1) is 0 Å². The maximum Gasteiger partial charge on any atom is 0.327 e. The van der Waals surface area contributed by atoms with E-state index in [0.717, 1.165) is 6.07 Å².